The summed E-state index contributed by atoms with van der Waals surface area (Å²) >= 11 is 0. The zero-order chi connectivity index (χ0) is 13.8. The molecule has 106 valence electrons. The van der Waals surface area contributed by atoms with Gasteiger partial charge in [0.2, 0.25) is 0 Å². The number of benzene rings is 1. The Labute approximate surface area is 120 Å². The minimum Gasteiger partial charge on any atom is -0.309 e. The average Bonchev–Trinajstić information content (AvgIpc) is 3.17. The molecule has 3 rings (SSSR count). The fourth-order valence-corrected chi connectivity index (χ4v) is 3.25. The van der Waals surface area contributed by atoms with E-state index in [2.05, 4.69) is 34.7 Å². The highest BCUT2D eigenvalue weighted by molar-refractivity contribution is 5.32. The topological polar surface area (TPSA) is 42.7 Å². The molecule has 0 spiro atoms. The molecule has 1 aliphatic rings. The summed E-state index contributed by atoms with van der Waals surface area (Å²) in [6, 6.07) is 10.6. The van der Waals surface area contributed by atoms with Gasteiger partial charge in [0.1, 0.15) is 0 Å². The minimum absolute atomic E-state index is 0.359. The lowest BCUT2D eigenvalue weighted by atomic mass is 9.95. The third-order valence-corrected chi connectivity index (χ3v) is 4.19. The maximum absolute atomic E-state index is 4.29. The van der Waals surface area contributed by atoms with Crippen molar-refractivity contribution in [2.75, 3.05) is 6.54 Å². The maximum Gasteiger partial charge on any atom is 0.0818 e. The van der Waals surface area contributed by atoms with Gasteiger partial charge in [0, 0.05) is 0 Å². The van der Waals surface area contributed by atoms with Crippen molar-refractivity contribution in [2.45, 2.75) is 38.6 Å². The van der Waals surface area contributed by atoms with E-state index in [4.69, 9.17) is 0 Å². The van der Waals surface area contributed by atoms with Crippen LogP contribution in [0.4, 0.5) is 0 Å². The van der Waals surface area contributed by atoms with Gasteiger partial charge in [-0.3, -0.25) is 0 Å². The Bertz CT molecular complexity index is 528. The number of rotatable bonds is 5. The van der Waals surface area contributed by atoms with Crippen LogP contribution >= 0.6 is 0 Å². The normalized spacial score (nSPS) is 17.4. The quantitative estimate of drug-likeness (QED) is 0.907. The van der Waals surface area contributed by atoms with Crippen molar-refractivity contribution in [2.24, 2.45) is 5.92 Å². The van der Waals surface area contributed by atoms with E-state index in [-0.39, 0.29) is 0 Å². The first-order valence-electron chi connectivity index (χ1n) is 7.59. The Hall–Kier alpha value is -1.68. The smallest absolute Gasteiger partial charge is 0.0818 e. The van der Waals surface area contributed by atoms with Crippen LogP contribution in [0.2, 0.25) is 0 Å². The minimum atomic E-state index is 0.359. The van der Waals surface area contributed by atoms with Gasteiger partial charge in [0.25, 0.3) is 0 Å². The van der Waals surface area contributed by atoms with Gasteiger partial charge in [-0.15, -0.1) is 5.10 Å². The van der Waals surface area contributed by atoms with Gasteiger partial charge in [-0.1, -0.05) is 43.2 Å². The molecule has 1 atom stereocenters. The van der Waals surface area contributed by atoms with Gasteiger partial charge in [-0.05, 0) is 37.4 Å². The van der Waals surface area contributed by atoms with E-state index >= 15 is 0 Å². The van der Waals surface area contributed by atoms with E-state index in [0.717, 1.165) is 12.2 Å². The molecule has 1 aromatic carbocycles. The van der Waals surface area contributed by atoms with Crippen LogP contribution < -0.4 is 5.32 Å². The van der Waals surface area contributed by atoms with E-state index in [9.17, 15) is 0 Å². The average molecular weight is 270 g/mol. The molecule has 0 radical (unpaired) electrons. The summed E-state index contributed by atoms with van der Waals surface area (Å²) < 4.78 is 1.98. The zero-order valence-electron chi connectivity index (χ0n) is 12.0. The third kappa shape index (κ3) is 2.61. The standard InChI is InChI=1S/C16H22N4/c1-2-17-16(13-8-6-7-9-13)15-12-18-19-20(15)14-10-4-3-5-11-14/h3-5,10-13,16-17H,2,6-9H2,1H3. The van der Waals surface area contributed by atoms with Crippen molar-refractivity contribution in [3.05, 3.63) is 42.2 Å². The fourth-order valence-electron chi connectivity index (χ4n) is 3.25. The molecule has 0 bridgehead atoms. The molecule has 2 aromatic rings. The van der Waals surface area contributed by atoms with Crippen LogP contribution in [0.3, 0.4) is 0 Å². The van der Waals surface area contributed by atoms with Gasteiger partial charge in [0.15, 0.2) is 0 Å². The van der Waals surface area contributed by atoms with E-state index in [1.807, 2.05) is 29.1 Å². The number of hydrogen-bond acceptors (Lipinski definition) is 3. The summed E-state index contributed by atoms with van der Waals surface area (Å²) in [6.07, 6.45) is 7.22. The first kappa shape index (κ1) is 13.3. The van der Waals surface area contributed by atoms with Crippen molar-refractivity contribution in [3.63, 3.8) is 0 Å². The predicted octanol–water partition coefficient (Wildman–Crippen LogP) is 3.11. The summed E-state index contributed by atoms with van der Waals surface area (Å²) in [5.41, 5.74) is 2.27. The highest BCUT2D eigenvalue weighted by Crippen LogP contribution is 2.35. The van der Waals surface area contributed by atoms with Crippen molar-refractivity contribution >= 4 is 0 Å². The Morgan fingerprint density at radius 2 is 2.00 bits per heavy atom. The molecular formula is C16H22N4. The van der Waals surface area contributed by atoms with Crippen molar-refractivity contribution < 1.29 is 0 Å². The maximum atomic E-state index is 4.29. The summed E-state index contributed by atoms with van der Waals surface area (Å²) in [4.78, 5) is 0. The SMILES string of the molecule is CCNC(c1cnnn1-c1ccccc1)C1CCCC1. The molecule has 1 aromatic heterocycles. The van der Waals surface area contributed by atoms with Crippen LogP contribution in [0.15, 0.2) is 36.5 Å². The molecule has 1 unspecified atom stereocenters. The van der Waals surface area contributed by atoms with Crippen molar-refractivity contribution in [3.8, 4) is 5.69 Å². The lowest BCUT2D eigenvalue weighted by Gasteiger charge is -2.24. The molecule has 1 fully saturated rings. The van der Waals surface area contributed by atoms with Gasteiger partial charge in [-0.25, -0.2) is 4.68 Å². The monoisotopic (exact) mass is 270 g/mol. The van der Waals surface area contributed by atoms with E-state index in [1.54, 1.807) is 0 Å². The Morgan fingerprint density at radius 1 is 1.25 bits per heavy atom. The second-order valence-electron chi connectivity index (χ2n) is 5.49. The number of para-hydroxylation sites is 1. The summed E-state index contributed by atoms with van der Waals surface area (Å²) in [7, 11) is 0. The molecule has 0 amide bonds. The van der Waals surface area contributed by atoms with Gasteiger partial charge in [-0.2, -0.15) is 0 Å². The van der Waals surface area contributed by atoms with E-state index in [0.29, 0.717) is 12.0 Å². The Kier molecular flexibility index (Phi) is 4.11. The number of aromatic nitrogens is 3. The molecule has 4 nitrogen and oxygen atoms in total. The molecule has 20 heavy (non-hydrogen) atoms. The molecule has 1 N–H and O–H groups in total. The van der Waals surface area contributed by atoms with Gasteiger partial charge < -0.3 is 5.32 Å². The Morgan fingerprint density at radius 3 is 2.70 bits per heavy atom. The van der Waals surface area contributed by atoms with Crippen LogP contribution in [0.1, 0.15) is 44.3 Å². The third-order valence-electron chi connectivity index (χ3n) is 4.19. The van der Waals surface area contributed by atoms with Crippen molar-refractivity contribution in [1.29, 1.82) is 0 Å². The molecule has 1 heterocycles. The van der Waals surface area contributed by atoms with Crippen LogP contribution in [0, 0.1) is 5.92 Å². The molecular weight excluding hydrogens is 248 g/mol. The Balaban J connectivity index is 1.93. The second kappa shape index (κ2) is 6.18. The predicted molar refractivity (Wildman–Crippen MR) is 79.7 cm³/mol. The second-order valence-corrected chi connectivity index (χ2v) is 5.49. The van der Waals surface area contributed by atoms with Crippen molar-refractivity contribution in [1.82, 2.24) is 20.3 Å². The van der Waals surface area contributed by atoms with Gasteiger partial charge >= 0.3 is 0 Å². The van der Waals surface area contributed by atoms with Gasteiger partial charge in [0.05, 0.1) is 23.6 Å². The number of nitrogens with zero attached hydrogens (tertiary/aromatic N) is 3. The largest absolute Gasteiger partial charge is 0.309 e. The number of nitrogens with one attached hydrogen (secondary N) is 1. The first-order valence-corrected chi connectivity index (χ1v) is 7.59. The van der Waals surface area contributed by atoms with Crippen LogP contribution in [-0.4, -0.2) is 21.5 Å². The lowest BCUT2D eigenvalue weighted by Crippen LogP contribution is -2.29. The summed E-state index contributed by atoms with van der Waals surface area (Å²) in [5, 5.41) is 12.1. The number of hydrogen-bond donors (Lipinski definition) is 1. The van der Waals surface area contributed by atoms with Crippen LogP contribution in [0.5, 0.6) is 0 Å². The first-order chi connectivity index (χ1) is 9.90. The van der Waals surface area contributed by atoms with Crippen LogP contribution in [0.25, 0.3) is 5.69 Å². The molecule has 0 saturated heterocycles. The fraction of sp³-hybridized carbons (Fsp3) is 0.500. The van der Waals surface area contributed by atoms with Crippen LogP contribution in [-0.2, 0) is 0 Å². The van der Waals surface area contributed by atoms with E-state index < -0.39 is 0 Å². The summed E-state index contributed by atoms with van der Waals surface area (Å²) in [5.74, 6) is 0.705. The molecule has 4 heteroatoms. The molecule has 1 saturated carbocycles. The molecule has 0 aliphatic heterocycles. The zero-order valence-corrected chi connectivity index (χ0v) is 12.0. The molecule has 1 aliphatic carbocycles. The summed E-state index contributed by atoms with van der Waals surface area (Å²) in [6.45, 7) is 3.14. The van der Waals surface area contributed by atoms with E-state index in [1.165, 1.54) is 31.4 Å². The highest BCUT2D eigenvalue weighted by atomic mass is 15.4. The highest BCUT2D eigenvalue weighted by Gasteiger charge is 2.28. The lowest BCUT2D eigenvalue weighted by molar-refractivity contribution is 0.361.